The van der Waals surface area contributed by atoms with Crippen molar-refractivity contribution >= 4 is 5.91 Å². The van der Waals surface area contributed by atoms with Gasteiger partial charge in [-0.05, 0) is 45.6 Å². The summed E-state index contributed by atoms with van der Waals surface area (Å²) in [4.78, 5) is 14.5. The van der Waals surface area contributed by atoms with Crippen molar-refractivity contribution in [1.29, 1.82) is 0 Å². The van der Waals surface area contributed by atoms with Gasteiger partial charge in [-0.1, -0.05) is 6.92 Å². The van der Waals surface area contributed by atoms with Crippen LogP contribution in [0.2, 0.25) is 0 Å². The fraction of sp³-hybridized carbons (Fsp3) is 0.933. The summed E-state index contributed by atoms with van der Waals surface area (Å²) in [5, 5.41) is 3.35. The van der Waals surface area contributed by atoms with Crippen LogP contribution in [0.25, 0.3) is 0 Å². The molecule has 0 aromatic carbocycles. The first-order valence-electron chi connectivity index (χ1n) is 7.86. The zero-order chi connectivity index (χ0) is 13.7. The topological polar surface area (TPSA) is 41.6 Å². The third-order valence-electron chi connectivity index (χ3n) is 4.26. The van der Waals surface area contributed by atoms with Crippen LogP contribution in [0.5, 0.6) is 0 Å². The van der Waals surface area contributed by atoms with Crippen LogP contribution < -0.4 is 5.32 Å². The average molecular weight is 268 g/mol. The standard InChI is InChI=1S/C15H28N2O2/c1-3-10-17(13-8-9-16-11-13)15(18)7-6-14-5-4-12(2)19-14/h12-14,16H,3-11H2,1-2H3. The molecular formula is C15H28N2O2. The molecule has 110 valence electrons. The number of hydrogen-bond donors (Lipinski definition) is 1. The minimum absolute atomic E-state index is 0.309. The Morgan fingerprint density at radius 2 is 2.21 bits per heavy atom. The van der Waals surface area contributed by atoms with E-state index in [9.17, 15) is 4.79 Å². The van der Waals surface area contributed by atoms with E-state index in [-0.39, 0.29) is 0 Å². The molecule has 2 fully saturated rings. The van der Waals surface area contributed by atoms with Crippen molar-refractivity contribution in [3.05, 3.63) is 0 Å². The molecule has 2 saturated heterocycles. The van der Waals surface area contributed by atoms with Crippen molar-refractivity contribution in [2.75, 3.05) is 19.6 Å². The van der Waals surface area contributed by atoms with Gasteiger partial charge in [-0.3, -0.25) is 4.79 Å². The normalized spacial score (nSPS) is 30.7. The highest BCUT2D eigenvalue weighted by atomic mass is 16.5. The van der Waals surface area contributed by atoms with E-state index < -0.39 is 0 Å². The van der Waals surface area contributed by atoms with E-state index in [1.807, 2.05) is 0 Å². The van der Waals surface area contributed by atoms with Gasteiger partial charge in [-0.25, -0.2) is 0 Å². The molecule has 0 saturated carbocycles. The van der Waals surface area contributed by atoms with E-state index in [1.165, 1.54) is 0 Å². The Morgan fingerprint density at radius 3 is 2.79 bits per heavy atom. The molecule has 1 N–H and O–H groups in total. The molecule has 0 bridgehead atoms. The molecule has 3 unspecified atom stereocenters. The number of hydrogen-bond acceptors (Lipinski definition) is 3. The van der Waals surface area contributed by atoms with Crippen LogP contribution in [0.1, 0.15) is 52.4 Å². The Morgan fingerprint density at radius 1 is 1.37 bits per heavy atom. The van der Waals surface area contributed by atoms with E-state index in [2.05, 4.69) is 24.1 Å². The smallest absolute Gasteiger partial charge is 0.222 e. The van der Waals surface area contributed by atoms with Crippen molar-refractivity contribution in [3.8, 4) is 0 Å². The van der Waals surface area contributed by atoms with Crippen LogP contribution in [0.4, 0.5) is 0 Å². The molecule has 2 heterocycles. The zero-order valence-electron chi connectivity index (χ0n) is 12.4. The Bertz CT molecular complexity index is 290. The van der Waals surface area contributed by atoms with Crippen molar-refractivity contribution in [3.63, 3.8) is 0 Å². The molecule has 4 heteroatoms. The average Bonchev–Trinajstić information content (AvgIpc) is 3.04. The molecular weight excluding hydrogens is 240 g/mol. The predicted octanol–water partition coefficient (Wildman–Crippen LogP) is 1.93. The lowest BCUT2D eigenvalue weighted by Crippen LogP contribution is -2.42. The Labute approximate surface area is 116 Å². The Kier molecular flexibility index (Phi) is 5.64. The van der Waals surface area contributed by atoms with Gasteiger partial charge in [-0.15, -0.1) is 0 Å². The van der Waals surface area contributed by atoms with Crippen molar-refractivity contribution in [2.45, 2.75) is 70.6 Å². The zero-order valence-corrected chi connectivity index (χ0v) is 12.4. The van der Waals surface area contributed by atoms with E-state index >= 15 is 0 Å². The number of carbonyl (C=O) groups excluding carboxylic acids is 1. The maximum atomic E-state index is 12.4. The minimum Gasteiger partial charge on any atom is -0.375 e. The first-order valence-corrected chi connectivity index (χ1v) is 7.86. The summed E-state index contributed by atoms with van der Waals surface area (Å²) in [5.74, 6) is 0.318. The lowest BCUT2D eigenvalue weighted by atomic mass is 10.1. The lowest BCUT2D eigenvalue weighted by molar-refractivity contribution is -0.134. The van der Waals surface area contributed by atoms with Crippen LogP contribution in [0, 0.1) is 0 Å². The Balaban J connectivity index is 1.78. The highest BCUT2D eigenvalue weighted by Gasteiger charge is 2.27. The molecule has 2 aliphatic rings. The lowest BCUT2D eigenvalue weighted by Gasteiger charge is -2.28. The molecule has 2 rings (SSSR count). The van der Waals surface area contributed by atoms with Crippen LogP contribution in [-0.2, 0) is 9.53 Å². The predicted molar refractivity (Wildman–Crippen MR) is 76.1 cm³/mol. The largest absolute Gasteiger partial charge is 0.375 e. The van der Waals surface area contributed by atoms with Gasteiger partial charge in [0.1, 0.15) is 0 Å². The molecule has 4 nitrogen and oxygen atoms in total. The maximum Gasteiger partial charge on any atom is 0.222 e. The highest BCUT2D eigenvalue weighted by Crippen LogP contribution is 2.23. The molecule has 0 aliphatic carbocycles. The number of amides is 1. The highest BCUT2D eigenvalue weighted by molar-refractivity contribution is 5.76. The van der Waals surface area contributed by atoms with E-state index in [0.29, 0.717) is 30.6 Å². The molecule has 3 atom stereocenters. The van der Waals surface area contributed by atoms with E-state index in [1.54, 1.807) is 0 Å². The third-order valence-corrected chi connectivity index (χ3v) is 4.26. The summed E-state index contributed by atoms with van der Waals surface area (Å²) >= 11 is 0. The fourth-order valence-electron chi connectivity index (χ4n) is 3.18. The summed E-state index contributed by atoms with van der Waals surface area (Å²) in [6.45, 7) is 7.16. The summed E-state index contributed by atoms with van der Waals surface area (Å²) in [6, 6.07) is 0.413. The second-order valence-electron chi connectivity index (χ2n) is 5.92. The monoisotopic (exact) mass is 268 g/mol. The van der Waals surface area contributed by atoms with Crippen LogP contribution >= 0.6 is 0 Å². The van der Waals surface area contributed by atoms with Crippen molar-refractivity contribution in [2.24, 2.45) is 0 Å². The van der Waals surface area contributed by atoms with Gasteiger partial charge in [0.15, 0.2) is 0 Å². The van der Waals surface area contributed by atoms with Crippen LogP contribution in [0.3, 0.4) is 0 Å². The quantitative estimate of drug-likeness (QED) is 0.800. The molecule has 2 aliphatic heterocycles. The second kappa shape index (κ2) is 7.25. The van der Waals surface area contributed by atoms with Crippen molar-refractivity contribution < 1.29 is 9.53 Å². The first-order chi connectivity index (χ1) is 9.20. The van der Waals surface area contributed by atoms with Gasteiger partial charge in [0.2, 0.25) is 5.91 Å². The maximum absolute atomic E-state index is 12.4. The van der Waals surface area contributed by atoms with Gasteiger partial charge in [-0.2, -0.15) is 0 Å². The fourth-order valence-corrected chi connectivity index (χ4v) is 3.18. The van der Waals surface area contributed by atoms with Gasteiger partial charge in [0, 0.05) is 25.6 Å². The van der Waals surface area contributed by atoms with Gasteiger partial charge >= 0.3 is 0 Å². The minimum atomic E-state index is 0.309. The van der Waals surface area contributed by atoms with E-state index in [0.717, 1.165) is 51.7 Å². The SMILES string of the molecule is CCCN(C(=O)CCC1CCC(C)O1)C1CCNC1. The number of ether oxygens (including phenoxy) is 1. The summed E-state index contributed by atoms with van der Waals surface area (Å²) in [6.07, 6.45) is 6.63. The second-order valence-corrected chi connectivity index (χ2v) is 5.92. The summed E-state index contributed by atoms with van der Waals surface area (Å²) in [7, 11) is 0. The molecule has 0 radical (unpaired) electrons. The van der Waals surface area contributed by atoms with Crippen LogP contribution in [0.15, 0.2) is 0 Å². The van der Waals surface area contributed by atoms with E-state index in [4.69, 9.17) is 4.74 Å². The number of rotatable bonds is 6. The molecule has 1 amide bonds. The van der Waals surface area contributed by atoms with Crippen LogP contribution in [-0.4, -0.2) is 48.7 Å². The molecule has 19 heavy (non-hydrogen) atoms. The molecule has 0 spiro atoms. The molecule has 0 aromatic rings. The third kappa shape index (κ3) is 4.18. The number of nitrogens with zero attached hydrogens (tertiary/aromatic N) is 1. The van der Waals surface area contributed by atoms with Gasteiger partial charge < -0.3 is 15.0 Å². The Hall–Kier alpha value is -0.610. The number of carbonyl (C=O) groups is 1. The van der Waals surface area contributed by atoms with Crippen molar-refractivity contribution in [1.82, 2.24) is 10.2 Å². The molecule has 0 aromatic heterocycles. The summed E-state index contributed by atoms with van der Waals surface area (Å²) in [5.41, 5.74) is 0. The summed E-state index contributed by atoms with van der Waals surface area (Å²) < 4.78 is 5.79. The number of nitrogens with one attached hydrogen (secondary N) is 1. The van der Waals surface area contributed by atoms with Gasteiger partial charge in [0.25, 0.3) is 0 Å². The first kappa shape index (κ1) is 14.8. The van der Waals surface area contributed by atoms with Gasteiger partial charge in [0.05, 0.1) is 12.2 Å².